The van der Waals surface area contributed by atoms with E-state index in [0.717, 1.165) is 19.3 Å². The molecular weight excluding hydrogens is 459 g/mol. The van der Waals surface area contributed by atoms with Gasteiger partial charge in [0.15, 0.2) is 0 Å². The van der Waals surface area contributed by atoms with Crippen molar-refractivity contribution in [1.82, 2.24) is 4.31 Å². The third-order valence-corrected chi connectivity index (χ3v) is 8.59. The lowest BCUT2D eigenvalue weighted by Gasteiger charge is -2.26. The summed E-state index contributed by atoms with van der Waals surface area (Å²) in [6.45, 7) is 0.843. The molecule has 1 N–H and O–H groups in total. The van der Waals surface area contributed by atoms with Crippen molar-refractivity contribution >= 4 is 48.9 Å². The molecule has 1 fully saturated rings. The lowest BCUT2D eigenvalue weighted by Crippen LogP contribution is -2.35. The highest BCUT2D eigenvalue weighted by atomic mass is 35.5. The van der Waals surface area contributed by atoms with Gasteiger partial charge in [0.05, 0.1) is 27.7 Å². The zero-order valence-corrected chi connectivity index (χ0v) is 18.7. The first kappa shape index (κ1) is 22.2. The predicted octanol–water partition coefficient (Wildman–Crippen LogP) is 3.98. The van der Waals surface area contributed by atoms with E-state index in [4.69, 9.17) is 27.9 Å². The molecule has 1 saturated heterocycles. The van der Waals surface area contributed by atoms with E-state index in [1.54, 1.807) is 0 Å². The largest absolute Gasteiger partial charge is 0.495 e. The summed E-state index contributed by atoms with van der Waals surface area (Å²) in [6.07, 6.45) is 2.54. The fraction of sp³-hybridized carbons (Fsp3) is 0.333. The van der Waals surface area contributed by atoms with Gasteiger partial charge in [-0.05, 0) is 49.2 Å². The minimum Gasteiger partial charge on any atom is -0.495 e. The second-order valence-corrected chi connectivity index (χ2v) is 10.9. The van der Waals surface area contributed by atoms with Gasteiger partial charge in [-0.2, -0.15) is 4.31 Å². The zero-order valence-electron chi connectivity index (χ0n) is 15.6. The van der Waals surface area contributed by atoms with Gasteiger partial charge < -0.3 is 4.74 Å². The van der Waals surface area contributed by atoms with Crippen molar-refractivity contribution in [2.45, 2.75) is 29.1 Å². The second kappa shape index (κ2) is 8.69. The number of ether oxygens (including phenoxy) is 1. The molecule has 2 aromatic rings. The number of sulfonamides is 2. The number of hydrogen-bond donors (Lipinski definition) is 1. The number of anilines is 1. The maximum absolute atomic E-state index is 13.1. The highest BCUT2D eigenvalue weighted by Crippen LogP contribution is 2.32. The number of nitrogens with zero attached hydrogens (tertiary/aromatic N) is 1. The summed E-state index contributed by atoms with van der Waals surface area (Å²) >= 11 is 11.7. The Hall–Kier alpha value is -1.52. The van der Waals surface area contributed by atoms with E-state index >= 15 is 0 Å². The van der Waals surface area contributed by atoms with Crippen molar-refractivity contribution in [2.24, 2.45) is 0 Å². The number of halogens is 2. The Morgan fingerprint density at radius 2 is 1.62 bits per heavy atom. The van der Waals surface area contributed by atoms with E-state index in [1.807, 2.05) is 0 Å². The average Bonchev–Trinajstić information content (AvgIpc) is 2.70. The number of rotatable bonds is 6. The van der Waals surface area contributed by atoms with Gasteiger partial charge in [-0.15, -0.1) is 0 Å². The molecule has 0 bridgehead atoms. The Kier molecular flexibility index (Phi) is 6.64. The molecular formula is C18H20Cl2N2O5S2. The number of piperidine rings is 1. The molecule has 0 saturated carbocycles. The zero-order chi connectivity index (χ0) is 21.2. The number of methoxy groups -OCH3 is 1. The Morgan fingerprint density at radius 1 is 0.931 bits per heavy atom. The molecule has 2 aromatic carbocycles. The normalized spacial score (nSPS) is 15.8. The minimum absolute atomic E-state index is 0.0868. The van der Waals surface area contributed by atoms with Crippen LogP contribution in [-0.2, 0) is 20.0 Å². The first-order chi connectivity index (χ1) is 13.6. The molecule has 0 aliphatic carbocycles. The van der Waals surface area contributed by atoms with Crippen molar-refractivity contribution in [1.29, 1.82) is 0 Å². The highest BCUT2D eigenvalue weighted by Gasteiger charge is 2.29. The summed E-state index contributed by atoms with van der Waals surface area (Å²) in [7, 11) is -6.46. The maximum atomic E-state index is 13.1. The third kappa shape index (κ3) is 4.80. The minimum atomic E-state index is -4.00. The molecule has 1 aliphatic heterocycles. The molecule has 0 aromatic heterocycles. The van der Waals surface area contributed by atoms with Crippen LogP contribution in [0.25, 0.3) is 0 Å². The van der Waals surface area contributed by atoms with Crippen molar-refractivity contribution in [3.05, 3.63) is 46.4 Å². The van der Waals surface area contributed by atoms with E-state index < -0.39 is 20.0 Å². The molecule has 11 heteroatoms. The van der Waals surface area contributed by atoms with Gasteiger partial charge >= 0.3 is 0 Å². The third-order valence-electron chi connectivity index (χ3n) is 4.55. The van der Waals surface area contributed by atoms with Gasteiger partial charge in [0.1, 0.15) is 10.6 Å². The lowest BCUT2D eigenvalue weighted by molar-refractivity contribution is 0.343. The van der Waals surface area contributed by atoms with Gasteiger partial charge in [0.25, 0.3) is 10.0 Å². The molecule has 0 atom stereocenters. The Balaban J connectivity index is 1.97. The van der Waals surface area contributed by atoms with Crippen molar-refractivity contribution in [3.8, 4) is 5.75 Å². The SMILES string of the molecule is COc1ccc(NS(=O)(=O)c2ccc(Cl)c(Cl)c2)cc1S(=O)(=O)N1CCCCC1. The quantitative estimate of drug-likeness (QED) is 0.677. The molecule has 0 unspecified atom stereocenters. The van der Waals surface area contributed by atoms with Crippen LogP contribution in [0.4, 0.5) is 5.69 Å². The molecule has 0 radical (unpaired) electrons. The summed E-state index contributed by atoms with van der Waals surface area (Å²) in [5, 5.41) is 0.322. The summed E-state index contributed by atoms with van der Waals surface area (Å²) < 4.78 is 60.5. The highest BCUT2D eigenvalue weighted by molar-refractivity contribution is 7.92. The van der Waals surface area contributed by atoms with Crippen LogP contribution in [0.1, 0.15) is 19.3 Å². The fourth-order valence-corrected chi connectivity index (χ4v) is 6.18. The number of nitrogens with one attached hydrogen (secondary N) is 1. The number of hydrogen-bond acceptors (Lipinski definition) is 5. The maximum Gasteiger partial charge on any atom is 0.261 e. The van der Waals surface area contributed by atoms with Crippen LogP contribution in [0.15, 0.2) is 46.2 Å². The first-order valence-corrected chi connectivity index (χ1v) is 12.5. The van der Waals surface area contributed by atoms with Gasteiger partial charge in [0.2, 0.25) is 10.0 Å². The van der Waals surface area contributed by atoms with Crippen molar-refractivity contribution < 1.29 is 21.6 Å². The van der Waals surface area contributed by atoms with E-state index in [2.05, 4.69) is 4.72 Å². The molecule has 1 heterocycles. The fourth-order valence-electron chi connectivity index (χ4n) is 3.04. The molecule has 1 aliphatic rings. The number of benzene rings is 2. The molecule has 158 valence electrons. The van der Waals surface area contributed by atoms with Crippen LogP contribution in [-0.4, -0.2) is 41.3 Å². The summed E-state index contributed by atoms with van der Waals surface area (Å²) in [5.74, 6) is 0.146. The lowest BCUT2D eigenvalue weighted by atomic mass is 10.2. The van der Waals surface area contributed by atoms with Crippen LogP contribution < -0.4 is 9.46 Å². The average molecular weight is 479 g/mol. The summed E-state index contributed by atoms with van der Waals surface area (Å²) in [5.41, 5.74) is 0.0902. The first-order valence-electron chi connectivity index (χ1n) is 8.81. The predicted molar refractivity (Wildman–Crippen MR) is 113 cm³/mol. The topological polar surface area (TPSA) is 92.8 Å². The standard InChI is InChI=1S/C18H20Cl2N2O5S2/c1-27-17-8-5-13(11-18(17)29(25,26)22-9-3-2-4-10-22)21-28(23,24)14-6-7-15(19)16(20)12-14/h5-8,11-12,21H,2-4,9-10H2,1H3. The van der Waals surface area contributed by atoms with E-state index in [1.165, 1.54) is 47.8 Å². The van der Waals surface area contributed by atoms with Crippen molar-refractivity contribution in [2.75, 3.05) is 24.9 Å². The van der Waals surface area contributed by atoms with Gasteiger partial charge in [-0.25, -0.2) is 16.8 Å². The molecule has 7 nitrogen and oxygen atoms in total. The van der Waals surface area contributed by atoms with Crippen LogP contribution in [0.5, 0.6) is 5.75 Å². The Labute approximate surface area is 180 Å². The smallest absolute Gasteiger partial charge is 0.261 e. The van der Waals surface area contributed by atoms with Gasteiger partial charge in [0, 0.05) is 13.1 Å². The summed E-state index contributed by atoms with van der Waals surface area (Å²) in [6, 6.07) is 8.02. The Bertz CT molecular complexity index is 1120. The van der Waals surface area contributed by atoms with Gasteiger partial charge in [-0.1, -0.05) is 29.6 Å². The van der Waals surface area contributed by atoms with E-state index in [0.29, 0.717) is 13.1 Å². The van der Waals surface area contributed by atoms with Crippen LogP contribution in [0.2, 0.25) is 10.0 Å². The van der Waals surface area contributed by atoms with Crippen LogP contribution >= 0.6 is 23.2 Å². The summed E-state index contributed by atoms with van der Waals surface area (Å²) in [4.78, 5) is -0.181. The van der Waals surface area contributed by atoms with E-state index in [-0.39, 0.29) is 31.3 Å². The molecule has 29 heavy (non-hydrogen) atoms. The van der Waals surface area contributed by atoms with Gasteiger partial charge in [-0.3, -0.25) is 4.72 Å². The Morgan fingerprint density at radius 3 is 2.24 bits per heavy atom. The van der Waals surface area contributed by atoms with E-state index in [9.17, 15) is 16.8 Å². The van der Waals surface area contributed by atoms with Crippen molar-refractivity contribution in [3.63, 3.8) is 0 Å². The van der Waals surface area contributed by atoms with Crippen LogP contribution in [0, 0.1) is 0 Å². The molecule has 0 spiro atoms. The van der Waals surface area contributed by atoms with Crippen LogP contribution in [0.3, 0.4) is 0 Å². The molecule has 0 amide bonds. The molecule has 3 rings (SSSR count). The monoisotopic (exact) mass is 478 g/mol. The second-order valence-electron chi connectivity index (χ2n) is 6.51.